The van der Waals surface area contributed by atoms with Crippen LogP contribution >= 0.6 is 15.9 Å². The lowest BCUT2D eigenvalue weighted by Crippen LogP contribution is -2.12. The predicted octanol–water partition coefficient (Wildman–Crippen LogP) is 2.80. The van der Waals surface area contributed by atoms with Gasteiger partial charge in [0.2, 0.25) is 0 Å². The van der Waals surface area contributed by atoms with Crippen LogP contribution < -0.4 is 5.32 Å². The zero-order valence-electron chi connectivity index (χ0n) is 9.20. The van der Waals surface area contributed by atoms with E-state index in [1.807, 2.05) is 31.2 Å². The molecule has 0 aliphatic carbocycles. The second kappa shape index (κ2) is 4.71. The summed E-state index contributed by atoms with van der Waals surface area (Å²) in [7, 11) is 0. The summed E-state index contributed by atoms with van der Waals surface area (Å²) in [5.74, 6) is -0.886. The Labute approximate surface area is 107 Å². The van der Waals surface area contributed by atoms with E-state index in [1.165, 1.54) is 0 Å². The highest BCUT2D eigenvalue weighted by Crippen LogP contribution is 2.28. The molecule has 0 spiro atoms. The van der Waals surface area contributed by atoms with Crippen molar-refractivity contribution in [2.24, 2.45) is 0 Å². The Balaban J connectivity index is 2.54. The summed E-state index contributed by atoms with van der Waals surface area (Å²) in [4.78, 5) is 15.0. The molecule has 0 aliphatic rings. The standard InChI is InChI=1S/C12H11BrN2O2/c1-7-5-10(14-6-11(16)17)8-3-2-4-9(13)12(8)15-7/h2-5H,6H2,1H3,(H,14,15)(H,16,17). The molecule has 0 fully saturated rings. The smallest absolute Gasteiger partial charge is 0.322 e. The van der Waals surface area contributed by atoms with Crippen LogP contribution in [-0.2, 0) is 4.79 Å². The molecule has 2 N–H and O–H groups in total. The third kappa shape index (κ3) is 2.55. The summed E-state index contributed by atoms with van der Waals surface area (Å²) >= 11 is 3.44. The first kappa shape index (κ1) is 11.9. The number of nitrogens with zero attached hydrogens (tertiary/aromatic N) is 1. The Morgan fingerprint density at radius 1 is 1.53 bits per heavy atom. The average molecular weight is 295 g/mol. The van der Waals surface area contributed by atoms with Crippen molar-refractivity contribution in [1.82, 2.24) is 4.98 Å². The van der Waals surface area contributed by atoms with Crippen molar-refractivity contribution in [3.63, 3.8) is 0 Å². The topological polar surface area (TPSA) is 62.2 Å². The summed E-state index contributed by atoms with van der Waals surface area (Å²) in [6.07, 6.45) is 0. The van der Waals surface area contributed by atoms with Gasteiger partial charge in [-0.25, -0.2) is 0 Å². The quantitative estimate of drug-likeness (QED) is 0.914. The van der Waals surface area contributed by atoms with Crippen LogP contribution in [-0.4, -0.2) is 22.6 Å². The monoisotopic (exact) mass is 294 g/mol. The Morgan fingerprint density at radius 2 is 2.29 bits per heavy atom. The average Bonchev–Trinajstić information content (AvgIpc) is 2.27. The number of nitrogens with one attached hydrogen (secondary N) is 1. The van der Waals surface area contributed by atoms with Gasteiger partial charge in [-0.05, 0) is 35.0 Å². The normalized spacial score (nSPS) is 10.5. The van der Waals surface area contributed by atoms with Gasteiger partial charge in [-0.1, -0.05) is 12.1 Å². The van der Waals surface area contributed by atoms with Gasteiger partial charge in [-0.2, -0.15) is 0 Å². The minimum atomic E-state index is -0.886. The summed E-state index contributed by atoms with van der Waals surface area (Å²) in [5, 5.41) is 12.5. The van der Waals surface area contributed by atoms with Gasteiger partial charge in [0.1, 0.15) is 6.54 Å². The van der Waals surface area contributed by atoms with Gasteiger partial charge in [-0.15, -0.1) is 0 Å². The number of carboxylic acids is 1. The van der Waals surface area contributed by atoms with Crippen LogP contribution in [0.25, 0.3) is 10.9 Å². The maximum Gasteiger partial charge on any atom is 0.322 e. The highest BCUT2D eigenvalue weighted by molar-refractivity contribution is 9.10. The number of aromatic nitrogens is 1. The molecule has 4 nitrogen and oxygen atoms in total. The van der Waals surface area contributed by atoms with Crippen LogP contribution in [0.4, 0.5) is 5.69 Å². The van der Waals surface area contributed by atoms with Crippen LogP contribution in [0.3, 0.4) is 0 Å². The van der Waals surface area contributed by atoms with E-state index in [2.05, 4.69) is 26.2 Å². The fourth-order valence-electron chi connectivity index (χ4n) is 1.66. The molecule has 0 bridgehead atoms. The Hall–Kier alpha value is -1.62. The van der Waals surface area contributed by atoms with E-state index in [0.29, 0.717) is 0 Å². The lowest BCUT2D eigenvalue weighted by molar-refractivity contribution is -0.134. The highest BCUT2D eigenvalue weighted by Gasteiger charge is 2.07. The second-order valence-corrected chi connectivity index (χ2v) is 4.55. The zero-order valence-corrected chi connectivity index (χ0v) is 10.8. The molecule has 0 aliphatic heterocycles. The fourth-order valence-corrected chi connectivity index (χ4v) is 2.11. The lowest BCUT2D eigenvalue weighted by atomic mass is 10.1. The first-order chi connectivity index (χ1) is 8.08. The lowest BCUT2D eigenvalue weighted by Gasteiger charge is -2.09. The molecule has 0 saturated carbocycles. The minimum absolute atomic E-state index is 0.106. The van der Waals surface area contributed by atoms with Gasteiger partial charge in [0.15, 0.2) is 0 Å². The summed E-state index contributed by atoms with van der Waals surface area (Å²) < 4.78 is 0.900. The molecule has 1 aromatic heterocycles. The molecular formula is C12H11BrN2O2. The van der Waals surface area contributed by atoms with Gasteiger partial charge in [0, 0.05) is 21.2 Å². The van der Waals surface area contributed by atoms with E-state index in [-0.39, 0.29) is 6.54 Å². The highest BCUT2D eigenvalue weighted by atomic mass is 79.9. The van der Waals surface area contributed by atoms with Crippen molar-refractivity contribution < 1.29 is 9.90 Å². The number of aryl methyl sites for hydroxylation is 1. The molecule has 88 valence electrons. The Morgan fingerprint density at radius 3 is 3.00 bits per heavy atom. The number of aliphatic carboxylic acids is 1. The summed E-state index contributed by atoms with van der Waals surface area (Å²) in [6.45, 7) is 1.77. The van der Waals surface area contributed by atoms with Crippen molar-refractivity contribution in [2.45, 2.75) is 6.92 Å². The first-order valence-electron chi connectivity index (χ1n) is 5.09. The van der Waals surface area contributed by atoms with E-state index in [0.717, 1.165) is 26.8 Å². The fraction of sp³-hybridized carbons (Fsp3) is 0.167. The molecule has 5 heteroatoms. The molecule has 1 aromatic carbocycles. The van der Waals surface area contributed by atoms with Crippen molar-refractivity contribution in [2.75, 3.05) is 11.9 Å². The number of para-hydroxylation sites is 1. The third-order valence-corrected chi connectivity index (χ3v) is 2.99. The zero-order chi connectivity index (χ0) is 12.4. The number of halogens is 1. The number of fused-ring (bicyclic) bond motifs is 1. The number of anilines is 1. The molecular weight excluding hydrogens is 284 g/mol. The summed E-state index contributed by atoms with van der Waals surface area (Å²) in [5.41, 5.74) is 2.47. The second-order valence-electron chi connectivity index (χ2n) is 3.69. The number of carboxylic acid groups (broad SMARTS) is 1. The Kier molecular flexibility index (Phi) is 3.28. The van der Waals surface area contributed by atoms with Crippen LogP contribution in [0.2, 0.25) is 0 Å². The number of benzene rings is 1. The Bertz CT molecular complexity index is 584. The number of hydrogen-bond acceptors (Lipinski definition) is 3. The molecule has 17 heavy (non-hydrogen) atoms. The van der Waals surface area contributed by atoms with E-state index < -0.39 is 5.97 Å². The minimum Gasteiger partial charge on any atom is -0.480 e. The molecule has 0 amide bonds. The first-order valence-corrected chi connectivity index (χ1v) is 5.89. The summed E-state index contributed by atoms with van der Waals surface area (Å²) in [6, 6.07) is 7.57. The van der Waals surface area contributed by atoms with Gasteiger partial charge >= 0.3 is 5.97 Å². The molecule has 0 radical (unpaired) electrons. The number of pyridine rings is 1. The van der Waals surface area contributed by atoms with Crippen LogP contribution in [0.15, 0.2) is 28.7 Å². The van der Waals surface area contributed by atoms with Crippen molar-refractivity contribution >= 4 is 38.5 Å². The van der Waals surface area contributed by atoms with Gasteiger partial charge < -0.3 is 10.4 Å². The number of rotatable bonds is 3. The van der Waals surface area contributed by atoms with Gasteiger partial charge in [0.25, 0.3) is 0 Å². The van der Waals surface area contributed by atoms with Gasteiger partial charge in [-0.3, -0.25) is 9.78 Å². The SMILES string of the molecule is Cc1cc(NCC(=O)O)c2cccc(Br)c2n1. The molecule has 0 atom stereocenters. The maximum absolute atomic E-state index is 10.6. The molecule has 0 saturated heterocycles. The third-order valence-electron chi connectivity index (χ3n) is 2.35. The van der Waals surface area contributed by atoms with E-state index in [1.54, 1.807) is 0 Å². The predicted molar refractivity (Wildman–Crippen MR) is 70.3 cm³/mol. The van der Waals surface area contributed by atoms with Crippen molar-refractivity contribution in [3.8, 4) is 0 Å². The van der Waals surface area contributed by atoms with Crippen LogP contribution in [0.1, 0.15) is 5.69 Å². The largest absolute Gasteiger partial charge is 0.480 e. The maximum atomic E-state index is 10.6. The van der Waals surface area contributed by atoms with Crippen molar-refractivity contribution in [1.29, 1.82) is 0 Å². The van der Waals surface area contributed by atoms with E-state index in [4.69, 9.17) is 5.11 Å². The molecule has 2 aromatic rings. The van der Waals surface area contributed by atoms with Crippen molar-refractivity contribution in [3.05, 3.63) is 34.4 Å². The molecule has 1 heterocycles. The number of carbonyl (C=O) groups is 1. The van der Waals surface area contributed by atoms with E-state index in [9.17, 15) is 4.79 Å². The van der Waals surface area contributed by atoms with Crippen LogP contribution in [0.5, 0.6) is 0 Å². The molecule has 2 rings (SSSR count). The van der Waals surface area contributed by atoms with Gasteiger partial charge in [0.05, 0.1) is 5.52 Å². The van der Waals surface area contributed by atoms with E-state index >= 15 is 0 Å². The number of hydrogen-bond donors (Lipinski definition) is 2. The van der Waals surface area contributed by atoms with Crippen LogP contribution in [0, 0.1) is 6.92 Å². The molecule has 0 unspecified atom stereocenters.